The number of benzene rings is 2. The van der Waals surface area contributed by atoms with Crippen molar-refractivity contribution in [3.8, 4) is 0 Å². The number of carbonyl (C=O) groups is 2. The fraction of sp³-hybridized carbons (Fsp3) is 0.263. The number of nitrogens with one attached hydrogen (secondary N) is 1. The van der Waals surface area contributed by atoms with Gasteiger partial charge in [-0.3, -0.25) is 9.59 Å². The van der Waals surface area contributed by atoms with Crippen LogP contribution in [0.4, 0.5) is 10.1 Å². The van der Waals surface area contributed by atoms with Crippen LogP contribution in [0.2, 0.25) is 0 Å². The van der Waals surface area contributed by atoms with Crippen LogP contribution in [0.1, 0.15) is 28.4 Å². The van der Waals surface area contributed by atoms with Gasteiger partial charge in [0.1, 0.15) is 11.9 Å². The Kier molecular flexibility index (Phi) is 5.75. The van der Waals surface area contributed by atoms with Gasteiger partial charge in [0.05, 0.1) is 0 Å². The van der Waals surface area contributed by atoms with Crippen LogP contribution in [0.25, 0.3) is 0 Å². The maximum Gasteiger partial charge on any atom is 0.249 e. The molecule has 0 saturated carbocycles. The van der Waals surface area contributed by atoms with E-state index in [4.69, 9.17) is 5.73 Å². The van der Waals surface area contributed by atoms with Gasteiger partial charge in [0.15, 0.2) is 0 Å². The molecule has 2 aromatic carbocycles. The number of halogens is 1. The molecule has 2 aromatic rings. The van der Waals surface area contributed by atoms with Gasteiger partial charge in [-0.25, -0.2) is 4.39 Å². The fourth-order valence-electron chi connectivity index (χ4n) is 2.61. The number of hydrogen-bond donors (Lipinski definition) is 2. The van der Waals surface area contributed by atoms with E-state index in [2.05, 4.69) is 5.32 Å². The van der Waals surface area contributed by atoms with Crippen LogP contribution in [-0.4, -0.2) is 29.8 Å². The molecule has 1 atom stereocenters. The van der Waals surface area contributed by atoms with Crippen molar-refractivity contribution in [1.82, 2.24) is 4.90 Å². The predicted molar refractivity (Wildman–Crippen MR) is 95.7 cm³/mol. The van der Waals surface area contributed by atoms with Crippen LogP contribution in [0.15, 0.2) is 42.5 Å². The molecule has 0 heterocycles. The minimum Gasteiger partial charge on any atom is -0.374 e. The molecule has 5 nitrogen and oxygen atoms in total. The standard InChI is InChI=1S/C19H22FN3O2/c1-12-7-8-16(10-17(12)18(21)24)22-13(2)19(25)23(3)11-14-5-4-6-15(20)9-14/h4-10,13,22H,11H2,1-3H3,(H2,21,24). The van der Waals surface area contributed by atoms with Gasteiger partial charge in [0, 0.05) is 24.8 Å². The molecule has 2 rings (SSSR count). The van der Waals surface area contributed by atoms with E-state index in [9.17, 15) is 14.0 Å². The van der Waals surface area contributed by atoms with Crippen molar-refractivity contribution in [3.63, 3.8) is 0 Å². The van der Waals surface area contributed by atoms with Crippen LogP contribution < -0.4 is 11.1 Å². The molecule has 1 unspecified atom stereocenters. The van der Waals surface area contributed by atoms with Crippen LogP contribution in [0.5, 0.6) is 0 Å². The van der Waals surface area contributed by atoms with Gasteiger partial charge in [0.25, 0.3) is 0 Å². The summed E-state index contributed by atoms with van der Waals surface area (Å²) in [7, 11) is 1.66. The first-order valence-corrected chi connectivity index (χ1v) is 7.94. The lowest BCUT2D eigenvalue weighted by atomic mass is 10.1. The molecule has 0 aromatic heterocycles. The lowest BCUT2D eigenvalue weighted by Crippen LogP contribution is -2.38. The molecule has 0 saturated heterocycles. The van der Waals surface area contributed by atoms with Gasteiger partial charge in [0.2, 0.25) is 11.8 Å². The summed E-state index contributed by atoms with van der Waals surface area (Å²) in [5, 5.41) is 3.07. The quantitative estimate of drug-likeness (QED) is 0.847. The Morgan fingerprint density at radius 2 is 1.96 bits per heavy atom. The molecule has 0 aliphatic carbocycles. The van der Waals surface area contributed by atoms with Crippen molar-refractivity contribution in [2.45, 2.75) is 26.4 Å². The summed E-state index contributed by atoms with van der Waals surface area (Å²) < 4.78 is 13.2. The molecule has 2 amide bonds. The fourth-order valence-corrected chi connectivity index (χ4v) is 2.61. The first-order chi connectivity index (χ1) is 11.8. The molecular formula is C19H22FN3O2. The zero-order valence-corrected chi connectivity index (χ0v) is 14.5. The van der Waals surface area contributed by atoms with E-state index in [0.717, 1.165) is 11.1 Å². The van der Waals surface area contributed by atoms with Gasteiger partial charge in [-0.05, 0) is 49.2 Å². The van der Waals surface area contributed by atoms with Crippen LogP contribution in [0, 0.1) is 12.7 Å². The van der Waals surface area contributed by atoms with Gasteiger partial charge in [-0.2, -0.15) is 0 Å². The number of nitrogens with zero attached hydrogens (tertiary/aromatic N) is 1. The summed E-state index contributed by atoms with van der Waals surface area (Å²) in [6.07, 6.45) is 0. The summed E-state index contributed by atoms with van der Waals surface area (Å²) in [5.41, 5.74) is 7.90. The number of likely N-dealkylation sites (N-methyl/N-ethyl adjacent to an activating group) is 1. The minimum atomic E-state index is -0.512. The number of amides is 2. The third-order valence-corrected chi connectivity index (χ3v) is 3.94. The number of nitrogens with two attached hydrogens (primary N) is 1. The number of primary amides is 1. The van der Waals surface area contributed by atoms with Crippen molar-refractivity contribution in [2.24, 2.45) is 5.73 Å². The maximum atomic E-state index is 13.2. The Hall–Kier alpha value is -2.89. The van der Waals surface area contributed by atoms with Crippen molar-refractivity contribution >= 4 is 17.5 Å². The predicted octanol–water partition coefficient (Wildman–Crippen LogP) is 2.69. The van der Waals surface area contributed by atoms with Crippen LogP contribution in [-0.2, 0) is 11.3 Å². The summed E-state index contributed by atoms with van der Waals surface area (Å²) in [4.78, 5) is 25.4. The third kappa shape index (κ3) is 4.79. The second kappa shape index (κ2) is 7.79. The molecule has 0 bridgehead atoms. The Labute approximate surface area is 146 Å². The average molecular weight is 343 g/mol. The third-order valence-electron chi connectivity index (χ3n) is 3.94. The van der Waals surface area contributed by atoms with E-state index in [1.54, 1.807) is 51.2 Å². The topological polar surface area (TPSA) is 75.4 Å². The van der Waals surface area contributed by atoms with Crippen LogP contribution >= 0.6 is 0 Å². The zero-order valence-electron chi connectivity index (χ0n) is 14.5. The highest BCUT2D eigenvalue weighted by atomic mass is 19.1. The largest absolute Gasteiger partial charge is 0.374 e. The summed E-state index contributed by atoms with van der Waals surface area (Å²) in [5.74, 6) is -0.989. The lowest BCUT2D eigenvalue weighted by molar-refractivity contribution is -0.130. The molecule has 0 fully saturated rings. The summed E-state index contributed by atoms with van der Waals surface area (Å²) >= 11 is 0. The number of aryl methyl sites for hydroxylation is 1. The van der Waals surface area contributed by atoms with E-state index in [1.165, 1.54) is 17.0 Å². The Morgan fingerprint density at radius 3 is 2.60 bits per heavy atom. The molecule has 0 radical (unpaired) electrons. The van der Waals surface area contributed by atoms with E-state index in [-0.39, 0.29) is 11.7 Å². The maximum absolute atomic E-state index is 13.2. The first-order valence-electron chi connectivity index (χ1n) is 7.94. The monoisotopic (exact) mass is 343 g/mol. The van der Waals surface area contributed by atoms with E-state index in [1.807, 2.05) is 0 Å². The van der Waals surface area contributed by atoms with E-state index >= 15 is 0 Å². The normalized spacial score (nSPS) is 11.7. The Balaban J connectivity index is 2.04. The van der Waals surface area contributed by atoms with Crippen molar-refractivity contribution in [3.05, 3.63) is 65.0 Å². The summed E-state index contributed by atoms with van der Waals surface area (Å²) in [6, 6.07) is 10.8. The zero-order chi connectivity index (χ0) is 18.6. The second-order valence-electron chi connectivity index (χ2n) is 6.08. The van der Waals surface area contributed by atoms with Gasteiger partial charge >= 0.3 is 0 Å². The van der Waals surface area contributed by atoms with E-state index in [0.29, 0.717) is 17.8 Å². The molecule has 0 aliphatic heterocycles. The Morgan fingerprint density at radius 1 is 1.24 bits per heavy atom. The van der Waals surface area contributed by atoms with Crippen molar-refractivity contribution in [2.75, 3.05) is 12.4 Å². The molecule has 6 heteroatoms. The highest BCUT2D eigenvalue weighted by Crippen LogP contribution is 2.16. The molecule has 0 aliphatic rings. The van der Waals surface area contributed by atoms with E-state index < -0.39 is 11.9 Å². The van der Waals surface area contributed by atoms with Crippen molar-refractivity contribution < 1.29 is 14.0 Å². The summed E-state index contributed by atoms with van der Waals surface area (Å²) in [6.45, 7) is 3.84. The number of carbonyl (C=O) groups excluding carboxylic acids is 2. The van der Waals surface area contributed by atoms with Gasteiger partial charge in [-0.1, -0.05) is 18.2 Å². The first kappa shape index (κ1) is 18.4. The molecule has 0 spiro atoms. The smallest absolute Gasteiger partial charge is 0.249 e. The molecule has 25 heavy (non-hydrogen) atoms. The van der Waals surface area contributed by atoms with Crippen molar-refractivity contribution in [1.29, 1.82) is 0 Å². The van der Waals surface area contributed by atoms with Crippen LogP contribution in [0.3, 0.4) is 0 Å². The number of rotatable bonds is 6. The average Bonchev–Trinajstić information content (AvgIpc) is 2.55. The minimum absolute atomic E-state index is 0.148. The van der Waals surface area contributed by atoms with Gasteiger partial charge in [-0.15, -0.1) is 0 Å². The van der Waals surface area contributed by atoms with Gasteiger partial charge < -0.3 is 16.0 Å². The molecule has 132 valence electrons. The SMILES string of the molecule is Cc1ccc(NC(C)C(=O)N(C)Cc2cccc(F)c2)cc1C(N)=O. The molecular weight excluding hydrogens is 321 g/mol. The molecule has 3 N–H and O–H groups in total. The number of hydrogen-bond acceptors (Lipinski definition) is 3. The lowest BCUT2D eigenvalue weighted by Gasteiger charge is -2.23. The highest BCUT2D eigenvalue weighted by Gasteiger charge is 2.18. The Bertz CT molecular complexity index is 792. The second-order valence-corrected chi connectivity index (χ2v) is 6.08. The number of anilines is 1. The highest BCUT2D eigenvalue weighted by molar-refractivity contribution is 5.95.